The van der Waals surface area contributed by atoms with Gasteiger partial charge in [-0.1, -0.05) is 48.5 Å². The lowest BCUT2D eigenvalue weighted by atomic mass is 10.00. The first kappa shape index (κ1) is 22.1. The number of methoxy groups -OCH3 is 1. The first-order chi connectivity index (χ1) is 13.8. The molecular weight excluding hydrogens is 368 g/mol. The Morgan fingerprint density at radius 3 is 2.10 bits per heavy atom. The van der Waals surface area contributed by atoms with Crippen LogP contribution in [-0.4, -0.2) is 37.0 Å². The number of rotatable bonds is 8. The molecule has 6 heteroatoms. The minimum absolute atomic E-state index is 0.303. The summed E-state index contributed by atoms with van der Waals surface area (Å²) >= 11 is 0. The molecule has 0 bridgehead atoms. The van der Waals surface area contributed by atoms with Crippen LogP contribution in [0.25, 0.3) is 0 Å². The molecule has 0 saturated heterocycles. The molecule has 2 atom stereocenters. The highest BCUT2D eigenvalue weighted by Gasteiger charge is 2.27. The molecule has 6 nitrogen and oxygen atoms in total. The molecule has 0 radical (unpaired) electrons. The Bertz CT molecular complexity index is 864. The van der Waals surface area contributed by atoms with E-state index < -0.39 is 24.0 Å². The lowest BCUT2D eigenvalue weighted by molar-refractivity contribution is -0.145. The van der Waals surface area contributed by atoms with Crippen molar-refractivity contribution in [3.8, 4) is 0 Å². The molecule has 2 aromatic rings. The summed E-state index contributed by atoms with van der Waals surface area (Å²) in [5.74, 6) is -1.27. The second kappa shape index (κ2) is 10.4. The van der Waals surface area contributed by atoms with E-state index in [1.807, 2.05) is 62.4 Å². The number of amides is 2. The van der Waals surface area contributed by atoms with Gasteiger partial charge in [0.1, 0.15) is 12.1 Å². The number of esters is 1. The van der Waals surface area contributed by atoms with E-state index in [1.54, 1.807) is 0 Å². The van der Waals surface area contributed by atoms with Crippen LogP contribution in [-0.2, 0) is 32.0 Å². The lowest BCUT2D eigenvalue weighted by Crippen LogP contribution is -2.53. The van der Waals surface area contributed by atoms with Gasteiger partial charge in [-0.15, -0.1) is 0 Å². The van der Waals surface area contributed by atoms with Gasteiger partial charge in [-0.3, -0.25) is 9.59 Å². The summed E-state index contributed by atoms with van der Waals surface area (Å²) in [6.07, 6.45) is 0.626. The number of hydrogen-bond donors (Lipinski definition) is 2. The smallest absolute Gasteiger partial charge is 0.328 e. The van der Waals surface area contributed by atoms with E-state index in [4.69, 9.17) is 4.74 Å². The van der Waals surface area contributed by atoms with E-state index in [1.165, 1.54) is 14.0 Å². The zero-order chi connectivity index (χ0) is 21.4. The summed E-state index contributed by atoms with van der Waals surface area (Å²) < 4.78 is 4.88. The molecule has 2 N–H and O–H groups in total. The van der Waals surface area contributed by atoms with Crippen LogP contribution in [0, 0.1) is 13.8 Å². The number of aryl methyl sites for hydroxylation is 2. The van der Waals surface area contributed by atoms with Crippen LogP contribution in [0.5, 0.6) is 0 Å². The van der Waals surface area contributed by atoms with Crippen molar-refractivity contribution >= 4 is 17.8 Å². The fourth-order valence-electron chi connectivity index (χ4n) is 3.08. The standard InChI is InChI=1S/C23H28N2O4/c1-15-10-11-19(12-16(15)2)14-21(23(28)29-4)25-22(27)20(24-17(3)26)13-18-8-6-5-7-9-18/h5-12,20-21H,13-14H2,1-4H3,(H,24,26)(H,25,27)/t20-,21+/m0/s1. The second-order valence-electron chi connectivity index (χ2n) is 7.15. The fraction of sp³-hybridized carbons (Fsp3) is 0.348. The van der Waals surface area contributed by atoms with Crippen LogP contribution < -0.4 is 10.6 Å². The third-order valence-electron chi connectivity index (χ3n) is 4.79. The summed E-state index contributed by atoms with van der Waals surface area (Å²) in [7, 11) is 1.29. The van der Waals surface area contributed by atoms with Crippen molar-refractivity contribution in [1.82, 2.24) is 10.6 Å². The molecule has 0 unspecified atom stereocenters. The topological polar surface area (TPSA) is 84.5 Å². The van der Waals surface area contributed by atoms with Crippen LogP contribution in [0.2, 0.25) is 0 Å². The van der Waals surface area contributed by atoms with Crippen molar-refractivity contribution in [3.05, 3.63) is 70.8 Å². The van der Waals surface area contributed by atoms with Gasteiger partial charge in [-0.25, -0.2) is 4.79 Å². The average Bonchev–Trinajstić information content (AvgIpc) is 2.69. The Labute approximate surface area is 171 Å². The summed E-state index contributed by atoms with van der Waals surface area (Å²) in [5.41, 5.74) is 4.09. The third-order valence-corrected chi connectivity index (χ3v) is 4.79. The van der Waals surface area contributed by atoms with E-state index in [-0.39, 0.29) is 5.91 Å². The Morgan fingerprint density at radius 1 is 0.862 bits per heavy atom. The predicted octanol–water partition coefficient (Wildman–Crippen LogP) is 2.25. The van der Waals surface area contributed by atoms with Gasteiger partial charge in [-0.2, -0.15) is 0 Å². The minimum Gasteiger partial charge on any atom is -0.467 e. The van der Waals surface area contributed by atoms with Gasteiger partial charge >= 0.3 is 5.97 Å². The lowest BCUT2D eigenvalue weighted by Gasteiger charge is -2.22. The molecule has 0 aliphatic rings. The normalized spacial score (nSPS) is 12.6. The first-order valence-electron chi connectivity index (χ1n) is 9.55. The van der Waals surface area contributed by atoms with Gasteiger partial charge in [0.15, 0.2) is 0 Å². The molecule has 0 spiro atoms. The molecule has 0 fully saturated rings. The van der Waals surface area contributed by atoms with Crippen molar-refractivity contribution in [2.75, 3.05) is 7.11 Å². The molecule has 0 aromatic heterocycles. The number of benzene rings is 2. The molecule has 2 rings (SSSR count). The highest BCUT2D eigenvalue weighted by Crippen LogP contribution is 2.13. The second-order valence-corrected chi connectivity index (χ2v) is 7.15. The fourth-order valence-corrected chi connectivity index (χ4v) is 3.08. The highest BCUT2D eigenvalue weighted by atomic mass is 16.5. The molecule has 0 aliphatic heterocycles. The molecule has 0 saturated carbocycles. The molecule has 29 heavy (non-hydrogen) atoms. The van der Waals surface area contributed by atoms with Crippen LogP contribution in [0.4, 0.5) is 0 Å². The van der Waals surface area contributed by atoms with E-state index in [0.717, 1.165) is 22.3 Å². The summed E-state index contributed by atoms with van der Waals surface area (Å²) in [4.78, 5) is 36.8. The van der Waals surface area contributed by atoms with Crippen LogP contribution in [0.3, 0.4) is 0 Å². The van der Waals surface area contributed by atoms with Crippen LogP contribution >= 0.6 is 0 Å². The SMILES string of the molecule is COC(=O)[C@@H](Cc1ccc(C)c(C)c1)NC(=O)[C@H](Cc1ccccc1)NC(C)=O. The number of carbonyl (C=O) groups excluding carboxylic acids is 3. The summed E-state index contributed by atoms with van der Waals surface area (Å²) in [5, 5.41) is 5.42. The quantitative estimate of drug-likeness (QED) is 0.671. The molecular formula is C23H28N2O4. The van der Waals surface area contributed by atoms with Crippen molar-refractivity contribution in [2.24, 2.45) is 0 Å². The van der Waals surface area contributed by atoms with Crippen molar-refractivity contribution in [1.29, 1.82) is 0 Å². The zero-order valence-electron chi connectivity index (χ0n) is 17.3. The van der Waals surface area contributed by atoms with Gasteiger partial charge in [-0.05, 0) is 36.1 Å². The Kier molecular flexibility index (Phi) is 7.95. The van der Waals surface area contributed by atoms with Gasteiger partial charge in [0.05, 0.1) is 7.11 Å². The number of hydrogen-bond acceptors (Lipinski definition) is 4. The van der Waals surface area contributed by atoms with Gasteiger partial charge in [0.25, 0.3) is 0 Å². The van der Waals surface area contributed by atoms with Gasteiger partial charge in [0, 0.05) is 19.8 Å². The molecule has 0 aliphatic carbocycles. The summed E-state index contributed by atoms with van der Waals surface area (Å²) in [6, 6.07) is 13.7. The van der Waals surface area contributed by atoms with E-state index in [0.29, 0.717) is 12.8 Å². The number of nitrogens with one attached hydrogen (secondary N) is 2. The van der Waals surface area contributed by atoms with Crippen molar-refractivity contribution in [2.45, 2.75) is 45.7 Å². The number of carbonyl (C=O) groups is 3. The van der Waals surface area contributed by atoms with E-state index in [9.17, 15) is 14.4 Å². The summed E-state index contributed by atoms with van der Waals surface area (Å²) in [6.45, 7) is 5.37. The largest absolute Gasteiger partial charge is 0.467 e. The first-order valence-corrected chi connectivity index (χ1v) is 9.55. The van der Waals surface area contributed by atoms with E-state index >= 15 is 0 Å². The van der Waals surface area contributed by atoms with Crippen LogP contribution in [0.15, 0.2) is 48.5 Å². The predicted molar refractivity (Wildman–Crippen MR) is 111 cm³/mol. The Hall–Kier alpha value is -3.15. The molecule has 154 valence electrons. The molecule has 2 amide bonds. The molecule has 0 heterocycles. The van der Waals surface area contributed by atoms with E-state index in [2.05, 4.69) is 10.6 Å². The van der Waals surface area contributed by atoms with Crippen molar-refractivity contribution in [3.63, 3.8) is 0 Å². The van der Waals surface area contributed by atoms with Crippen LogP contribution in [0.1, 0.15) is 29.2 Å². The Morgan fingerprint density at radius 2 is 1.52 bits per heavy atom. The highest BCUT2D eigenvalue weighted by molar-refractivity contribution is 5.90. The minimum atomic E-state index is -0.846. The average molecular weight is 396 g/mol. The maximum atomic E-state index is 12.9. The maximum absolute atomic E-state index is 12.9. The third kappa shape index (κ3) is 6.75. The van der Waals surface area contributed by atoms with Gasteiger partial charge < -0.3 is 15.4 Å². The Balaban J connectivity index is 2.17. The van der Waals surface area contributed by atoms with Crippen molar-refractivity contribution < 1.29 is 19.1 Å². The monoisotopic (exact) mass is 396 g/mol. The van der Waals surface area contributed by atoms with Gasteiger partial charge in [0.2, 0.25) is 11.8 Å². The number of ether oxygens (including phenoxy) is 1. The molecule has 2 aromatic carbocycles. The zero-order valence-corrected chi connectivity index (χ0v) is 17.3. The maximum Gasteiger partial charge on any atom is 0.328 e.